The highest BCUT2D eigenvalue weighted by Gasteiger charge is 2.36. The SMILES string of the molecule is O=C(CNC(C(=O)O)C1CC1)Nc1cc(Cl)c(Cl)cc1Cl. The first-order valence-corrected chi connectivity index (χ1v) is 7.42. The van der Waals surface area contributed by atoms with Gasteiger partial charge in [-0.05, 0) is 30.9 Å². The van der Waals surface area contributed by atoms with Gasteiger partial charge in [0.2, 0.25) is 5.91 Å². The quantitative estimate of drug-likeness (QED) is 0.688. The number of rotatable bonds is 6. The Morgan fingerprint density at radius 1 is 1.19 bits per heavy atom. The second-order valence-corrected chi connectivity index (χ2v) is 6.05. The Hall–Kier alpha value is -1.01. The van der Waals surface area contributed by atoms with E-state index in [-0.39, 0.29) is 27.5 Å². The minimum Gasteiger partial charge on any atom is -0.480 e. The van der Waals surface area contributed by atoms with Crippen molar-refractivity contribution in [2.45, 2.75) is 18.9 Å². The molecule has 1 aromatic carbocycles. The van der Waals surface area contributed by atoms with Crippen molar-refractivity contribution in [1.29, 1.82) is 0 Å². The molecule has 3 N–H and O–H groups in total. The van der Waals surface area contributed by atoms with Crippen molar-refractivity contribution in [1.82, 2.24) is 5.32 Å². The Balaban J connectivity index is 1.92. The molecule has 1 unspecified atom stereocenters. The maximum absolute atomic E-state index is 11.8. The van der Waals surface area contributed by atoms with E-state index in [1.807, 2.05) is 0 Å². The normalized spacial score (nSPS) is 15.6. The van der Waals surface area contributed by atoms with E-state index < -0.39 is 17.9 Å². The summed E-state index contributed by atoms with van der Waals surface area (Å²) in [6.07, 6.45) is 1.73. The van der Waals surface area contributed by atoms with Crippen LogP contribution in [0, 0.1) is 5.92 Å². The van der Waals surface area contributed by atoms with E-state index in [0.717, 1.165) is 12.8 Å². The minimum atomic E-state index is -0.946. The van der Waals surface area contributed by atoms with Gasteiger partial charge in [0, 0.05) is 0 Å². The molecule has 114 valence electrons. The summed E-state index contributed by atoms with van der Waals surface area (Å²) in [5.74, 6) is -1.25. The van der Waals surface area contributed by atoms with E-state index >= 15 is 0 Å². The molecule has 0 aromatic heterocycles. The summed E-state index contributed by atoms with van der Waals surface area (Å²) in [7, 11) is 0. The van der Waals surface area contributed by atoms with E-state index in [1.54, 1.807) is 0 Å². The molecule has 1 fully saturated rings. The van der Waals surface area contributed by atoms with E-state index in [0.29, 0.717) is 5.69 Å². The number of aliphatic carboxylic acids is 1. The van der Waals surface area contributed by atoms with Crippen molar-refractivity contribution in [3.05, 3.63) is 27.2 Å². The molecule has 1 amide bonds. The number of benzene rings is 1. The van der Waals surface area contributed by atoms with Crippen LogP contribution in [-0.4, -0.2) is 29.6 Å². The first kappa shape index (κ1) is 16.4. The third kappa shape index (κ3) is 4.48. The van der Waals surface area contributed by atoms with Crippen LogP contribution in [0.3, 0.4) is 0 Å². The van der Waals surface area contributed by atoms with Crippen LogP contribution in [0.1, 0.15) is 12.8 Å². The molecular weight excluding hydrogens is 339 g/mol. The maximum Gasteiger partial charge on any atom is 0.320 e. The predicted octanol–water partition coefficient (Wildman–Crippen LogP) is 3.04. The molecule has 5 nitrogen and oxygen atoms in total. The Morgan fingerprint density at radius 2 is 1.81 bits per heavy atom. The molecule has 0 bridgehead atoms. The van der Waals surface area contributed by atoms with Gasteiger partial charge in [-0.1, -0.05) is 34.8 Å². The Labute approximate surface area is 136 Å². The number of hydrogen-bond donors (Lipinski definition) is 3. The lowest BCUT2D eigenvalue weighted by Crippen LogP contribution is -2.42. The van der Waals surface area contributed by atoms with Crippen molar-refractivity contribution in [2.75, 3.05) is 11.9 Å². The number of carbonyl (C=O) groups is 2. The third-order valence-corrected chi connectivity index (χ3v) is 4.16. The zero-order chi connectivity index (χ0) is 15.6. The van der Waals surface area contributed by atoms with Crippen molar-refractivity contribution in [2.24, 2.45) is 5.92 Å². The molecule has 0 heterocycles. The second-order valence-electron chi connectivity index (χ2n) is 4.83. The Kier molecular flexibility index (Phi) is 5.32. The number of carbonyl (C=O) groups excluding carboxylic acids is 1. The van der Waals surface area contributed by atoms with Crippen LogP contribution in [0.2, 0.25) is 15.1 Å². The predicted molar refractivity (Wildman–Crippen MR) is 82.3 cm³/mol. The molecule has 2 rings (SSSR count). The fourth-order valence-electron chi connectivity index (χ4n) is 1.90. The Bertz CT molecular complexity index is 576. The van der Waals surface area contributed by atoms with Crippen LogP contribution in [-0.2, 0) is 9.59 Å². The number of amides is 1. The molecule has 0 aliphatic heterocycles. The van der Waals surface area contributed by atoms with E-state index in [4.69, 9.17) is 39.9 Å². The minimum absolute atomic E-state index is 0.101. The number of carboxylic acids is 1. The molecular formula is C13H13Cl3N2O3. The van der Waals surface area contributed by atoms with Crippen LogP contribution in [0.5, 0.6) is 0 Å². The number of hydrogen-bond acceptors (Lipinski definition) is 3. The fraction of sp³-hybridized carbons (Fsp3) is 0.385. The molecule has 1 saturated carbocycles. The van der Waals surface area contributed by atoms with Gasteiger partial charge in [0.1, 0.15) is 6.04 Å². The lowest BCUT2D eigenvalue weighted by molar-refractivity contribution is -0.140. The lowest BCUT2D eigenvalue weighted by Gasteiger charge is -2.14. The van der Waals surface area contributed by atoms with Crippen molar-refractivity contribution in [3.8, 4) is 0 Å². The monoisotopic (exact) mass is 350 g/mol. The standard InChI is InChI=1S/C13H13Cl3N2O3/c14-7-3-9(16)10(4-8(7)15)18-11(19)5-17-12(13(20)21)6-1-2-6/h3-4,6,12,17H,1-2,5H2,(H,18,19)(H,20,21). The highest BCUT2D eigenvalue weighted by molar-refractivity contribution is 6.44. The molecule has 1 aliphatic rings. The summed E-state index contributed by atoms with van der Waals surface area (Å²) >= 11 is 17.6. The topological polar surface area (TPSA) is 78.4 Å². The molecule has 1 aromatic rings. The molecule has 1 atom stereocenters. The van der Waals surface area contributed by atoms with Gasteiger partial charge in [-0.3, -0.25) is 14.9 Å². The van der Waals surface area contributed by atoms with Crippen LogP contribution >= 0.6 is 34.8 Å². The third-order valence-electron chi connectivity index (χ3n) is 3.13. The number of carboxylic acid groups (broad SMARTS) is 1. The van der Waals surface area contributed by atoms with Crippen LogP contribution in [0.4, 0.5) is 5.69 Å². The molecule has 0 spiro atoms. The summed E-state index contributed by atoms with van der Waals surface area (Å²) in [5.41, 5.74) is 0.330. The largest absolute Gasteiger partial charge is 0.480 e. The molecule has 0 radical (unpaired) electrons. The summed E-state index contributed by atoms with van der Waals surface area (Å²) in [6.45, 7) is -0.121. The van der Waals surface area contributed by atoms with Gasteiger partial charge < -0.3 is 10.4 Å². The molecule has 0 saturated heterocycles. The molecule has 8 heteroatoms. The zero-order valence-corrected chi connectivity index (χ0v) is 13.1. The summed E-state index contributed by atoms with van der Waals surface area (Å²) in [4.78, 5) is 22.9. The van der Waals surface area contributed by atoms with Crippen molar-refractivity contribution < 1.29 is 14.7 Å². The first-order valence-electron chi connectivity index (χ1n) is 6.29. The maximum atomic E-state index is 11.8. The highest BCUT2D eigenvalue weighted by Crippen LogP contribution is 2.33. The number of halogens is 3. The summed E-state index contributed by atoms with van der Waals surface area (Å²) < 4.78 is 0. The number of anilines is 1. The van der Waals surface area contributed by atoms with E-state index in [2.05, 4.69) is 10.6 Å². The van der Waals surface area contributed by atoms with Crippen molar-refractivity contribution in [3.63, 3.8) is 0 Å². The average molecular weight is 352 g/mol. The molecule has 1 aliphatic carbocycles. The fourth-order valence-corrected chi connectivity index (χ4v) is 2.49. The van der Waals surface area contributed by atoms with Gasteiger partial charge in [0.05, 0.1) is 27.3 Å². The molecule has 21 heavy (non-hydrogen) atoms. The van der Waals surface area contributed by atoms with Gasteiger partial charge in [-0.15, -0.1) is 0 Å². The smallest absolute Gasteiger partial charge is 0.320 e. The summed E-state index contributed by atoms with van der Waals surface area (Å²) in [6, 6.07) is 2.18. The van der Waals surface area contributed by atoms with Gasteiger partial charge in [-0.25, -0.2) is 0 Å². The Morgan fingerprint density at radius 3 is 2.38 bits per heavy atom. The highest BCUT2D eigenvalue weighted by atomic mass is 35.5. The van der Waals surface area contributed by atoms with Crippen LogP contribution < -0.4 is 10.6 Å². The van der Waals surface area contributed by atoms with Crippen molar-refractivity contribution >= 4 is 52.4 Å². The van der Waals surface area contributed by atoms with Gasteiger partial charge in [0.15, 0.2) is 0 Å². The number of nitrogens with one attached hydrogen (secondary N) is 2. The second kappa shape index (κ2) is 6.83. The van der Waals surface area contributed by atoms with Gasteiger partial charge in [0.25, 0.3) is 0 Å². The van der Waals surface area contributed by atoms with Gasteiger partial charge >= 0.3 is 5.97 Å². The average Bonchev–Trinajstić information content (AvgIpc) is 3.20. The van der Waals surface area contributed by atoms with E-state index in [1.165, 1.54) is 12.1 Å². The van der Waals surface area contributed by atoms with Crippen LogP contribution in [0.25, 0.3) is 0 Å². The first-order chi connectivity index (χ1) is 9.88. The lowest BCUT2D eigenvalue weighted by atomic mass is 10.2. The van der Waals surface area contributed by atoms with Gasteiger partial charge in [-0.2, -0.15) is 0 Å². The zero-order valence-electron chi connectivity index (χ0n) is 10.8. The van der Waals surface area contributed by atoms with Crippen LogP contribution in [0.15, 0.2) is 12.1 Å². The van der Waals surface area contributed by atoms with E-state index in [9.17, 15) is 9.59 Å². The summed E-state index contributed by atoms with van der Waals surface area (Å²) in [5, 5.41) is 15.2.